The first-order valence-electron chi connectivity index (χ1n) is 8.23. The predicted octanol–water partition coefficient (Wildman–Crippen LogP) is 3.11. The lowest BCUT2D eigenvalue weighted by molar-refractivity contribution is -0.0501. The van der Waals surface area contributed by atoms with Crippen molar-refractivity contribution in [3.8, 4) is 5.75 Å². The van der Waals surface area contributed by atoms with Crippen LogP contribution >= 0.6 is 0 Å². The lowest BCUT2D eigenvalue weighted by atomic mass is 10.2. The fraction of sp³-hybridized carbons (Fsp3) is 0.562. The van der Waals surface area contributed by atoms with E-state index in [2.05, 4.69) is 4.18 Å². The quantitative estimate of drug-likeness (QED) is 0.418. The molecule has 1 fully saturated rings. The number of carbonyl (C=O) groups excluding carboxylic acids is 1. The summed E-state index contributed by atoms with van der Waals surface area (Å²) in [5.41, 5.74) is -6.06. The molecule has 158 valence electrons. The number of piperazine rings is 1. The first-order chi connectivity index (χ1) is 12.7. The molecule has 0 radical (unpaired) electrons. The molecule has 1 aromatic rings. The van der Waals surface area contributed by atoms with Crippen molar-refractivity contribution in [3.05, 3.63) is 24.0 Å². The zero-order chi connectivity index (χ0) is 21.3. The summed E-state index contributed by atoms with van der Waals surface area (Å²) in [6, 6.07) is 2.98. The summed E-state index contributed by atoms with van der Waals surface area (Å²) >= 11 is 0. The van der Waals surface area contributed by atoms with Gasteiger partial charge in [-0.1, -0.05) is 0 Å². The van der Waals surface area contributed by atoms with E-state index < -0.39 is 38.9 Å². The van der Waals surface area contributed by atoms with Crippen LogP contribution in [0.25, 0.3) is 0 Å². The van der Waals surface area contributed by atoms with Crippen molar-refractivity contribution in [1.29, 1.82) is 0 Å². The van der Waals surface area contributed by atoms with Gasteiger partial charge in [-0.05, 0) is 32.9 Å². The molecule has 28 heavy (non-hydrogen) atoms. The van der Waals surface area contributed by atoms with Crippen LogP contribution in [0.4, 0.5) is 28.0 Å². The number of halogens is 4. The van der Waals surface area contributed by atoms with Crippen molar-refractivity contribution >= 4 is 21.9 Å². The van der Waals surface area contributed by atoms with E-state index in [-0.39, 0.29) is 31.9 Å². The second kappa shape index (κ2) is 7.64. The van der Waals surface area contributed by atoms with Crippen molar-refractivity contribution in [1.82, 2.24) is 4.90 Å². The van der Waals surface area contributed by atoms with Gasteiger partial charge in [-0.15, -0.1) is 0 Å². The van der Waals surface area contributed by atoms with Crippen LogP contribution in [-0.2, 0) is 14.9 Å². The van der Waals surface area contributed by atoms with Gasteiger partial charge in [0.1, 0.15) is 5.60 Å². The number of amides is 1. The molecule has 0 unspecified atom stereocenters. The maximum absolute atomic E-state index is 13.7. The van der Waals surface area contributed by atoms with Crippen LogP contribution in [0.1, 0.15) is 20.8 Å². The number of carbonyl (C=O) groups is 1. The highest BCUT2D eigenvalue weighted by Gasteiger charge is 2.49. The maximum Gasteiger partial charge on any atom is 0.534 e. The summed E-state index contributed by atoms with van der Waals surface area (Å²) in [4.78, 5) is 15.2. The van der Waals surface area contributed by atoms with E-state index in [4.69, 9.17) is 4.74 Å². The molecule has 0 atom stereocenters. The summed E-state index contributed by atoms with van der Waals surface area (Å²) in [7, 11) is -5.99. The summed E-state index contributed by atoms with van der Waals surface area (Å²) in [6.07, 6.45) is -0.494. The number of ether oxygens (including phenoxy) is 1. The van der Waals surface area contributed by atoms with E-state index in [0.717, 1.165) is 12.1 Å². The number of alkyl halides is 3. The minimum Gasteiger partial charge on any atom is -0.444 e. The molecule has 12 heteroatoms. The van der Waals surface area contributed by atoms with Crippen LogP contribution in [0.5, 0.6) is 5.75 Å². The molecular formula is C16H20F4N2O5S. The van der Waals surface area contributed by atoms with Crippen molar-refractivity contribution in [3.63, 3.8) is 0 Å². The van der Waals surface area contributed by atoms with E-state index in [9.17, 15) is 30.8 Å². The molecule has 1 saturated heterocycles. The summed E-state index contributed by atoms with van der Waals surface area (Å²) in [5, 5.41) is 0. The van der Waals surface area contributed by atoms with Gasteiger partial charge in [-0.3, -0.25) is 0 Å². The van der Waals surface area contributed by atoms with Gasteiger partial charge in [-0.25, -0.2) is 9.18 Å². The molecule has 0 aromatic heterocycles. The van der Waals surface area contributed by atoms with Gasteiger partial charge < -0.3 is 18.7 Å². The van der Waals surface area contributed by atoms with Gasteiger partial charge in [0.25, 0.3) is 0 Å². The molecule has 1 amide bonds. The van der Waals surface area contributed by atoms with Crippen molar-refractivity contribution < 1.29 is 39.7 Å². The molecule has 1 aromatic carbocycles. The van der Waals surface area contributed by atoms with Gasteiger partial charge in [-0.2, -0.15) is 21.6 Å². The zero-order valence-corrected chi connectivity index (χ0v) is 16.2. The number of benzene rings is 1. The minimum absolute atomic E-state index is 0.262. The maximum atomic E-state index is 13.7. The van der Waals surface area contributed by atoms with E-state index in [1.807, 2.05) is 0 Å². The molecule has 0 spiro atoms. The molecule has 0 N–H and O–H groups in total. The Balaban J connectivity index is 2.09. The van der Waals surface area contributed by atoms with Gasteiger partial charge in [0.2, 0.25) is 0 Å². The van der Waals surface area contributed by atoms with Gasteiger partial charge in [0, 0.05) is 37.9 Å². The fourth-order valence-corrected chi connectivity index (χ4v) is 2.85. The Bertz CT molecular complexity index is 828. The fourth-order valence-electron chi connectivity index (χ4n) is 2.39. The molecule has 0 bridgehead atoms. The van der Waals surface area contributed by atoms with Crippen molar-refractivity contribution in [2.45, 2.75) is 31.9 Å². The highest BCUT2D eigenvalue weighted by molar-refractivity contribution is 7.88. The largest absolute Gasteiger partial charge is 0.534 e. The normalized spacial score (nSPS) is 16.1. The Labute approximate surface area is 159 Å². The molecule has 1 aliphatic heterocycles. The Morgan fingerprint density at radius 2 is 1.64 bits per heavy atom. The van der Waals surface area contributed by atoms with Crippen LogP contribution in [0.15, 0.2) is 18.2 Å². The molecule has 0 saturated carbocycles. The van der Waals surface area contributed by atoms with E-state index >= 15 is 0 Å². The summed E-state index contributed by atoms with van der Waals surface area (Å²) in [5.74, 6) is -2.30. The number of nitrogens with zero attached hydrogens (tertiary/aromatic N) is 2. The SMILES string of the molecule is CC(C)(C)OC(=O)N1CCN(c2ccc(F)c(OS(=O)(=O)C(F)(F)F)c2)CC1. The smallest absolute Gasteiger partial charge is 0.444 e. The number of hydrogen-bond donors (Lipinski definition) is 0. The second-order valence-corrected chi connectivity index (χ2v) is 8.59. The molecule has 2 rings (SSSR count). The van der Waals surface area contributed by atoms with Crippen molar-refractivity contribution in [2.75, 3.05) is 31.1 Å². The molecule has 1 aliphatic rings. The van der Waals surface area contributed by atoms with Crippen LogP contribution in [0, 0.1) is 5.82 Å². The number of rotatable bonds is 3. The third kappa shape index (κ3) is 5.40. The lowest BCUT2D eigenvalue weighted by Gasteiger charge is -2.36. The Morgan fingerprint density at radius 3 is 2.14 bits per heavy atom. The molecule has 0 aliphatic carbocycles. The van der Waals surface area contributed by atoms with E-state index in [1.54, 1.807) is 25.7 Å². The first-order valence-corrected chi connectivity index (χ1v) is 9.63. The Morgan fingerprint density at radius 1 is 1.07 bits per heavy atom. The Hall–Kier alpha value is -2.24. The highest BCUT2D eigenvalue weighted by atomic mass is 32.2. The highest BCUT2D eigenvalue weighted by Crippen LogP contribution is 2.31. The molecule has 1 heterocycles. The second-order valence-electron chi connectivity index (χ2n) is 7.05. The first kappa shape index (κ1) is 22.1. The Kier molecular flexibility index (Phi) is 6.02. The van der Waals surface area contributed by atoms with Crippen molar-refractivity contribution in [2.24, 2.45) is 0 Å². The third-order valence-corrected chi connectivity index (χ3v) is 4.66. The van der Waals surface area contributed by atoms with E-state index in [0.29, 0.717) is 0 Å². The minimum atomic E-state index is -5.99. The van der Waals surface area contributed by atoms with Gasteiger partial charge in [0.15, 0.2) is 11.6 Å². The predicted molar refractivity (Wildman–Crippen MR) is 92.0 cm³/mol. The van der Waals surface area contributed by atoms with Gasteiger partial charge in [0.05, 0.1) is 0 Å². The zero-order valence-electron chi connectivity index (χ0n) is 15.4. The van der Waals surface area contributed by atoms with Crippen LogP contribution in [0.2, 0.25) is 0 Å². The average molecular weight is 428 g/mol. The van der Waals surface area contributed by atoms with E-state index in [1.165, 1.54) is 11.0 Å². The standard InChI is InChI=1S/C16H20F4N2O5S/c1-15(2,3)26-14(23)22-8-6-21(7-9-22)11-4-5-12(17)13(10-11)27-28(24,25)16(18,19)20/h4-5,10H,6-9H2,1-3H3. The monoisotopic (exact) mass is 428 g/mol. The topological polar surface area (TPSA) is 76.2 Å². The number of anilines is 1. The molecular weight excluding hydrogens is 408 g/mol. The van der Waals surface area contributed by atoms with Crippen LogP contribution in [0.3, 0.4) is 0 Å². The van der Waals surface area contributed by atoms with Gasteiger partial charge >= 0.3 is 21.7 Å². The van der Waals surface area contributed by atoms with Crippen LogP contribution in [-0.4, -0.2) is 56.7 Å². The lowest BCUT2D eigenvalue weighted by Crippen LogP contribution is -2.50. The average Bonchev–Trinajstić information content (AvgIpc) is 2.54. The summed E-state index contributed by atoms with van der Waals surface area (Å²) < 4.78 is 82.5. The third-order valence-electron chi connectivity index (χ3n) is 3.69. The number of hydrogen-bond acceptors (Lipinski definition) is 6. The molecule has 7 nitrogen and oxygen atoms in total. The van der Waals surface area contributed by atoms with Crippen LogP contribution < -0.4 is 9.08 Å². The summed E-state index contributed by atoms with van der Waals surface area (Å²) in [6.45, 7) is 6.31.